The Morgan fingerprint density at radius 2 is 1.83 bits per heavy atom. The molecule has 2 aliphatic rings. The van der Waals surface area contributed by atoms with Crippen LogP contribution in [-0.4, -0.2) is 87.9 Å². The molecule has 0 aliphatic carbocycles. The lowest BCUT2D eigenvalue weighted by Gasteiger charge is -2.42. The molecular formula is C17H33N3O3. The zero-order valence-electron chi connectivity index (χ0n) is 15.0. The van der Waals surface area contributed by atoms with Crippen LogP contribution in [0.25, 0.3) is 0 Å². The van der Waals surface area contributed by atoms with Gasteiger partial charge in [0, 0.05) is 39.8 Å². The number of carbonyl (C=O) groups is 1. The number of carbonyl (C=O) groups excluding carboxylic acids is 1. The zero-order valence-corrected chi connectivity index (χ0v) is 15.0. The van der Waals surface area contributed by atoms with Crippen LogP contribution in [0.2, 0.25) is 0 Å². The molecule has 1 N–H and O–H groups in total. The molecule has 2 heterocycles. The summed E-state index contributed by atoms with van der Waals surface area (Å²) in [6.45, 7) is 11.7. The Bertz CT molecular complexity index is 357. The minimum absolute atomic E-state index is 0.284. The van der Waals surface area contributed by atoms with E-state index in [2.05, 4.69) is 24.1 Å². The zero-order chi connectivity index (χ0) is 16.7. The first-order chi connectivity index (χ1) is 11.1. The van der Waals surface area contributed by atoms with Gasteiger partial charge in [0.2, 0.25) is 5.91 Å². The largest absolute Gasteiger partial charge is 0.384 e. The van der Waals surface area contributed by atoms with E-state index < -0.39 is 0 Å². The van der Waals surface area contributed by atoms with Crippen molar-refractivity contribution in [2.24, 2.45) is 5.41 Å². The third kappa shape index (κ3) is 5.14. The summed E-state index contributed by atoms with van der Waals surface area (Å²) in [5.74, 6) is 0.291. The van der Waals surface area contributed by atoms with Crippen LogP contribution in [0.3, 0.4) is 0 Å². The second kappa shape index (κ2) is 8.97. The van der Waals surface area contributed by atoms with Gasteiger partial charge in [0.15, 0.2) is 0 Å². The predicted molar refractivity (Wildman–Crippen MR) is 90.5 cm³/mol. The number of piperidine rings is 1. The first-order valence-corrected chi connectivity index (χ1v) is 8.90. The number of ether oxygens (including phenoxy) is 2. The molecule has 0 aromatic carbocycles. The van der Waals surface area contributed by atoms with E-state index in [9.17, 15) is 4.79 Å². The van der Waals surface area contributed by atoms with Gasteiger partial charge in [0.25, 0.3) is 0 Å². The lowest BCUT2D eigenvalue weighted by Crippen LogP contribution is -2.56. The third-order valence-electron chi connectivity index (χ3n) is 4.95. The molecule has 0 aromatic heterocycles. The molecule has 0 radical (unpaired) electrons. The van der Waals surface area contributed by atoms with Crippen molar-refractivity contribution in [1.29, 1.82) is 0 Å². The van der Waals surface area contributed by atoms with Crippen LogP contribution >= 0.6 is 0 Å². The van der Waals surface area contributed by atoms with Crippen molar-refractivity contribution in [3.63, 3.8) is 0 Å². The lowest BCUT2D eigenvalue weighted by molar-refractivity contribution is -0.149. The number of rotatable bonds is 7. The van der Waals surface area contributed by atoms with Gasteiger partial charge in [-0.1, -0.05) is 0 Å². The molecule has 6 heteroatoms. The number of amides is 1. The highest BCUT2D eigenvalue weighted by Crippen LogP contribution is 2.32. The average Bonchev–Trinajstić information content (AvgIpc) is 2.56. The molecule has 0 spiro atoms. The van der Waals surface area contributed by atoms with E-state index in [1.165, 1.54) is 0 Å². The van der Waals surface area contributed by atoms with E-state index in [4.69, 9.17) is 9.47 Å². The third-order valence-corrected chi connectivity index (χ3v) is 4.95. The summed E-state index contributed by atoms with van der Waals surface area (Å²) in [7, 11) is 1.70. The number of hydrogen-bond acceptors (Lipinski definition) is 5. The van der Waals surface area contributed by atoms with Crippen molar-refractivity contribution in [2.75, 3.05) is 66.1 Å². The van der Waals surface area contributed by atoms with E-state index >= 15 is 0 Å². The van der Waals surface area contributed by atoms with E-state index in [-0.39, 0.29) is 11.5 Å². The Labute approximate surface area is 140 Å². The van der Waals surface area contributed by atoms with Gasteiger partial charge in [0.1, 0.15) is 0 Å². The van der Waals surface area contributed by atoms with E-state index in [1.807, 2.05) is 4.90 Å². The van der Waals surface area contributed by atoms with Crippen LogP contribution in [0.1, 0.15) is 26.7 Å². The Morgan fingerprint density at radius 3 is 2.39 bits per heavy atom. The predicted octanol–water partition coefficient (Wildman–Crippen LogP) is 0.572. The first kappa shape index (κ1) is 18.6. The molecule has 0 aromatic rings. The highest BCUT2D eigenvalue weighted by atomic mass is 16.5. The molecule has 6 nitrogen and oxygen atoms in total. The summed E-state index contributed by atoms with van der Waals surface area (Å²) in [6.07, 6.45) is 2.04. The molecule has 2 fully saturated rings. The molecule has 0 unspecified atom stereocenters. The monoisotopic (exact) mass is 327 g/mol. The molecule has 0 bridgehead atoms. The second-order valence-corrected chi connectivity index (χ2v) is 7.02. The quantitative estimate of drug-likeness (QED) is 0.741. The van der Waals surface area contributed by atoms with Crippen molar-refractivity contribution < 1.29 is 14.3 Å². The molecule has 134 valence electrons. The van der Waals surface area contributed by atoms with Crippen LogP contribution in [0.4, 0.5) is 0 Å². The van der Waals surface area contributed by atoms with Crippen LogP contribution < -0.4 is 5.32 Å². The highest BCUT2D eigenvalue weighted by molar-refractivity contribution is 5.83. The van der Waals surface area contributed by atoms with Gasteiger partial charge in [0.05, 0.1) is 24.7 Å². The van der Waals surface area contributed by atoms with E-state index in [1.54, 1.807) is 7.11 Å². The minimum atomic E-state index is -0.317. The van der Waals surface area contributed by atoms with Crippen molar-refractivity contribution >= 4 is 5.91 Å². The number of hydrogen-bond donors (Lipinski definition) is 1. The van der Waals surface area contributed by atoms with Gasteiger partial charge < -0.3 is 19.7 Å². The summed E-state index contributed by atoms with van der Waals surface area (Å²) in [4.78, 5) is 17.5. The lowest BCUT2D eigenvalue weighted by atomic mass is 9.78. The number of nitrogens with zero attached hydrogens (tertiary/aromatic N) is 2. The summed E-state index contributed by atoms with van der Waals surface area (Å²) in [5.41, 5.74) is -0.317. The fourth-order valence-electron chi connectivity index (χ4n) is 3.53. The van der Waals surface area contributed by atoms with Crippen molar-refractivity contribution in [3.05, 3.63) is 0 Å². The van der Waals surface area contributed by atoms with Crippen LogP contribution in [-0.2, 0) is 14.3 Å². The van der Waals surface area contributed by atoms with Gasteiger partial charge in [-0.15, -0.1) is 0 Å². The number of piperazine rings is 1. The maximum Gasteiger partial charge on any atom is 0.231 e. The van der Waals surface area contributed by atoms with Crippen LogP contribution in [0.5, 0.6) is 0 Å². The maximum absolute atomic E-state index is 13.1. The molecule has 1 amide bonds. The molecule has 0 atom stereocenters. The maximum atomic E-state index is 13.1. The van der Waals surface area contributed by atoms with Crippen molar-refractivity contribution in [1.82, 2.24) is 15.1 Å². The highest BCUT2D eigenvalue weighted by Gasteiger charge is 2.42. The summed E-state index contributed by atoms with van der Waals surface area (Å²) >= 11 is 0. The molecule has 0 saturated carbocycles. The van der Waals surface area contributed by atoms with Crippen molar-refractivity contribution in [3.8, 4) is 0 Å². The van der Waals surface area contributed by atoms with Crippen LogP contribution in [0, 0.1) is 5.41 Å². The minimum Gasteiger partial charge on any atom is -0.384 e. The molecular weight excluding hydrogens is 294 g/mol. The smallest absolute Gasteiger partial charge is 0.231 e. The topological polar surface area (TPSA) is 54.0 Å². The summed E-state index contributed by atoms with van der Waals surface area (Å²) < 4.78 is 11.0. The van der Waals surface area contributed by atoms with Gasteiger partial charge in [-0.2, -0.15) is 0 Å². The molecule has 23 heavy (non-hydrogen) atoms. The fraction of sp³-hybridized carbons (Fsp3) is 0.941. The van der Waals surface area contributed by atoms with Crippen molar-refractivity contribution in [2.45, 2.75) is 32.8 Å². The summed E-state index contributed by atoms with van der Waals surface area (Å²) in [6, 6.07) is 0. The Kier molecular flexibility index (Phi) is 7.27. The van der Waals surface area contributed by atoms with Crippen LogP contribution in [0.15, 0.2) is 0 Å². The van der Waals surface area contributed by atoms with E-state index in [0.717, 1.165) is 65.3 Å². The standard InChI is InChI=1S/C17H33N3O3/c1-15(2)23-13-12-19-8-10-20(11-9-19)16(21)17(14-22-3)4-6-18-7-5-17/h15,18H,4-14H2,1-3H3. The summed E-state index contributed by atoms with van der Waals surface area (Å²) in [5, 5.41) is 3.35. The Morgan fingerprint density at radius 1 is 1.17 bits per heavy atom. The fourth-order valence-corrected chi connectivity index (χ4v) is 3.53. The van der Waals surface area contributed by atoms with Gasteiger partial charge in [-0.3, -0.25) is 9.69 Å². The molecule has 2 saturated heterocycles. The average molecular weight is 327 g/mol. The normalized spacial score (nSPS) is 22.5. The van der Waals surface area contributed by atoms with Gasteiger partial charge in [-0.25, -0.2) is 0 Å². The van der Waals surface area contributed by atoms with Gasteiger partial charge in [-0.05, 0) is 39.8 Å². The van der Waals surface area contributed by atoms with Gasteiger partial charge >= 0.3 is 0 Å². The molecule has 2 aliphatic heterocycles. The number of methoxy groups -OCH3 is 1. The SMILES string of the molecule is COCC1(C(=O)N2CCN(CCOC(C)C)CC2)CCNCC1. The van der Waals surface area contributed by atoms with E-state index in [0.29, 0.717) is 12.5 Å². The molecule has 2 rings (SSSR count). The first-order valence-electron chi connectivity index (χ1n) is 8.90. The second-order valence-electron chi connectivity index (χ2n) is 7.02. The Hall–Kier alpha value is -0.690. The number of nitrogens with one attached hydrogen (secondary N) is 1. The Balaban J connectivity index is 1.82.